The number of nitrogens with two attached hydrogens (primary N) is 1. The molecule has 0 fully saturated rings. The summed E-state index contributed by atoms with van der Waals surface area (Å²) in [6, 6.07) is 1.60. The van der Waals surface area contributed by atoms with Crippen LogP contribution in [0.25, 0.3) is 0 Å². The number of carbonyl (C=O) groups excluding carboxylic acids is 1. The number of furan rings is 1. The summed E-state index contributed by atoms with van der Waals surface area (Å²) in [7, 11) is 0. The number of hydrogen-bond donors (Lipinski definition) is 1. The molecule has 1 amide bonds. The molecule has 0 saturated carbocycles. The summed E-state index contributed by atoms with van der Waals surface area (Å²) in [4.78, 5) is 14.1. The molecule has 0 aliphatic carbocycles. The van der Waals surface area contributed by atoms with Crippen molar-refractivity contribution >= 4 is 17.5 Å². The highest BCUT2D eigenvalue weighted by molar-refractivity contribution is 6.32. The van der Waals surface area contributed by atoms with E-state index in [2.05, 4.69) is 0 Å². The molecule has 0 aromatic carbocycles. The van der Waals surface area contributed by atoms with Gasteiger partial charge in [0.25, 0.3) is 5.91 Å². The molecule has 1 aromatic heterocycles. The predicted octanol–water partition coefficient (Wildman–Crippen LogP) is 2.77. The molecule has 0 radical (unpaired) electrons. The molecule has 0 aliphatic heterocycles. The van der Waals surface area contributed by atoms with Gasteiger partial charge in [-0.1, -0.05) is 20.8 Å². The molecule has 5 heteroatoms. The van der Waals surface area contributed by atoms with E-state index in [-0.39, 0.29) is 16.5 Å². The highest BCUT2D eigenvalue weighted by Crippen LogP contribution is 2.22. The van der Waals surface area contributed by atoms with Gasteiger partial charge in [0.1, 0.15) is 0 Å². The van der Waals surface area contributed by atoms with Crippen molar-refractivity contribution in [2.45, 2.75) is 27.2 Å². The topological polar surface area (TPSA) is 59.5 Å². The zero-order valence-corrected chi connectivity index (χ0v) is 12.0. The molecular weight excluding hydrogens is 252 g/mol. The van der Waals surface area contributed by atoms with E-state index < -0.39 is 0 Å². The smallest absolute Gasteiger partial charge is 0.258 e. The van der Waals surface area contributed by atoms with Gasteiger partial charge in [-0.05, 0) is 36.0 Å². The Morgan fingerprint density at radius 2 is 2.22 bits per heavy atom. The minimum Gasteiger partial charge on any atom is -0.452 e. The molecule has 1 heterocycles. The number of hydrogen-bond acceptors (Lipinski definition) is 3. The van der Waals surface area contributed by atoms with Gasteiger partial charge in [-0.2, -0.15) is 0 Å². The summed E-state index contributed by atoms with van der Waals surface area (Å²) in [5, 5.41) is 0.145. The van der Waals surface area contributed by atoms with Crippen LogP contribution in [0.2, 0.25) is 5.22 Å². The van der Waals surface area contributed by atoms with Crippen molar-refractivity contribution in [1.29, 1.82) is 0 Å². The van der Waals surface area contributed by atoms with Crippen LogP contribution in [-0.2, 0) is 0 Å². The average Bonchev–Trinajstić information content (AvgIpc) is 2.74. The first-order valence-electron chi connectivity index (χ1n) is 6.13. The van der Waals surface area contributed by atoms with Crippen LogP contribution in [0.3, 0.4) is 0 Å². The fourth-order valence-corrected chi connectivity index (χ4v) is 1.92. The van der Waals surface area contributed by atoms with Gasteiger partial charge in [0, 0.05) is 13.1 Å². The second-order valence-electron chi connectivity index (χ2n) is 5.20. The quantitative estimate of drug-likeness (QED) is 0.866. The molecule has 0 bridgehead atoms. The number of amides is 1. The van der Waals surface area contributed by atoms with Gasteiger partial charge < -0.3 is 15.1 Å². The SMILES string of the molecule is CCCN(CC(C)(C)CN)C(=O)c1ccoc1Cl. The Hall–Kier alpha value is -1.00. The van der Waals surface area contributed by atoms with Crippen LogP contribution in [0.1, 0.15) is 37.6 Å². The fourth-order valence-electron chi connectivity index (χ4n) is 1.72. The van der Waals surface area contributed by atoms with E-state index in [1.54, 1.807) is 11.0 Å². The minimum atomic E-state index is -0.110. The first-order valence-corrected chi connectivity index (χ1v) is 6.51. The summed E-state index contributed by atoms with van der Waals surface area (Å²) < 4.78 is 4.96. The van der Waals surface area contributed by atoms with Gasteiger partial charge >= 0.3 is 0 Å². The molecule has 0 spiro atoms. The summed E-state index contributed by atoms with van der Waals surface area (Å²) in [6.07, 6.45) is 2.32. The van der Waals surface area contributed by atoms with Crippen LogP contribution in [0, 0.1) is 5.41 Å². The second kappa shape index (κ2) is 6.25. The van der Waals surface area contributed by atoms with Crippen LogP contribution < -0.4 is 5.73 Å². The van der Waals surface area contributed by atoms with Crippen LogP contribution in [-0.4, -0.2) is 30.4 Å². The Labute approximate surface area is 113 Å². The molecular formula is C13H21ClN2O2. The molecule has 2 N–H and O–H groups in total. The van der Waals surface area contributed by atoms with Crippen molar-refractivity contribution in [2.24, 2.45) is 11.1 Å². The van der Waals surface area contributed by atoms with Gasteiger partial charge in [0.05, 0.1) is 11.8 Å². The van der Waals surface area contributed by atoms with E-state index in [1.165, 1.54) is 6.26 Å². The van der Waals surface area contributed by atoms with E-state index in [1.807, 2.05) is 20.8 Å². The molecule has 102 valence electrons. The minimum absolute atomic E-state index is 0.0999. The molecule has 1 aromatic rings. The Morgan fingerprint density at radius 1 is 1.56 bits per heavy atom. The van der Waals surface area contributed by atoms with Crippen LogP contribution in [0.4, 0.5) is 0 Å². The van der Waals surface area contributed by atoms with Crippen LogP contribution >= 0.6 is 11.6 Å². The second-order valence-corrected chi connectivity index (χ2v) is 5.55. The number of nitrogens with zero attached hydrogens (tertiary/aromatic N) is 1. The number of halogens is 1. The highest BCUT2D eigenvalue weighted by Gasteiger charge is 2.26. The van der Waals surface area contributed by atoms with E-state index >= 15 is 0 Å². The molecule has 0 saturated heterocycles. The maximum atomic E-state index is 12.4. The van der Waals surface area contributed by atoms with Crippen LogP contribution in [0.5, 0.6) is 0 Å². The van der Waals surface area contributed by atoms with E-state index in [4.69, 9.17) is 21.8 Å². The third-order valence-electron chi connectivity index (χ3n) is 2.80. The largest absolute Gasteiger partial charge is 0.452 e. The molecule has 18 heavy (non-hydrogen) atoms. The number of carbonyl (C=O) groups is 1. The lowest BCUT2D eigenvalue weighted by atomic mass is 9.93. The molecule has 0 aliphatic rings. The van der Waals surface area contributed by atoms with Gasteiger partial charge in [0.2, 0.25) is 5.22 Å². The Balaban J connectivity index is 2.85. The molecule has 1 rings (SSSR count). The summed E-state index contributed by atoms with van der Waals surface area (Å²) >= 11 is 5.85. The van der Waals surface area contributed by atoms with Crippen molar-refractivity contribution in [3.05, 3.63) is 23.1 Å². The Kier molecular flexibility index (Phi) is 5.23. The Morgan fingerprint density at radius 3 is 2.67 bits per heavy atom. The lowest BCUT2D eigenvalue weighted by Gasteiger charge is -2.31. The maximum Gasteiger partial charge on any atom is 0.258 e. The summed E-state index contributed by atoms with van der Waals surface area (Å²) in [6.45, 7) is 7.94. The lowest BCUT2D eigenvalue weighted by Crippen LogP contribution is -2.42. The van der Waals surface area contributed by atoms with E-state index in [0.717, 1.165) is 6.42 Å². The van der Waals surface area contributed by atoms with Crippen LogP contribution in [0.15, 0.2) is 16.7 Å². The first-order chi connectivity index (χ1) is 8.41. The average molecular weight is 273 g/mol. The van der Waals surface area contributed by atoms with Crippen molar-refractivity contribution in [3.63, 3.8) is 0 Å². The summed E-state index contributed by atoms with van der Waals surface area (Å²) in [5.41, 5.74) is 6.02. The predicted molar refractivity (Wildman–Crippen MR) is 72.7 cm³/mol. The highest BCUT2D eigenvalue weighted by atomic mass is 35.5. The van der Waals surface area contributed by atoms with Crippen molar-refractivity contribution in [3.8, 4) is 0 Å². The lowest BCUT2D eigenvalue weighted by molar-refractivity contribution is 0.0689. The normalized spacial score (nSPS) is 11.6. The molecule has 0 unspecified atom stereocenters. The van der Waals surface area contributed by atoms with Gasteiger partial charge in [-0.25, -0.2) is 0 Å². The van der Waals surface area contributed by atoms with E-state index in [9.17, 15) is 4.79 Å². The zero-order chi connectivity index (χ0) is 13.8. The third kappa shape index (κ3) is 3.75. The van der Waals surface area contributed by atoms with Crippen molar-refractivity contribution in [1.82, 2.24) is 4.90 Å². The standard InChI is InChI=1S/C13H21ClN2O2/c1-4-6-16(9-13(2,3)8-15)12(17)10-5-7-18-11(10)14/h5,7H,4,6,8-9,15H2,1-3H3. The van der Waals surface area contributed by atoms with E-state index in [0.29, 0.717) is 25.2 Å². The Bertz CT molecular complexity index is 401. The third-order valence-corrected chi connectivity index (χ3v) is 3.09. The molecule has 0 atom stereocenters. The van der Waals surface area contributed by atoms with Gasteiger partial charge in [-0.3, -0.25) is 4.79 Å². The summed E-state index contributed by atoms with van der Waals surface area (Å²) in [5.74, 6) is -0.0999. The monoisotopic (exact) mass is 272 g/mol. The van der Waals surface area contributed by atoms with Crippen molar-refractivity contribution in [2.75, 3.05) is 19.6 Å². The maximum absolute atomic E-state index is 12.4. The van der Waals surface area contributed by atoms with Gasteiger partial charge in [0.15, 0.2) is 0 Å². The van der Waals surface area contributed by atoms with Crippen molar-refractivity contribution < 1.29 is 9.21 Å². The first kappa shape index (κ1) is 15.1. The molecule has 4 nitrogen and oxygen atoms in total. The zero-order valence-electron chi connectivity index (χ0n) is 11.2. The van der Waals surface area contributed by atoms with Gasteiger partial charge in [-0.15, -0.1) is 0 Å². The number of rotatable bonds is 6. The fraction of sp³-hybridized carbons (Fsp3) is 0.615.